The molecule has 0 aliphatic carbocycles. The van der Waals surface area contributed by atoms with Crippen LogP contribution in [0.2, 0.25) is 0 Å². The molecule has 0 bridgehead atoms. The number of fused-ring (bicyclic) bond motifs is 1. The normalized spacial score (nSPS) is 11.0. The molecule has 4 nitrogen and oxygen atoms in total. The number of pyridine rings is 1. The molecule has 0 aliphatic rings. The van der Waals surface area contributed by atoms with Crippen molar-refractivity contribution in [2.45, 2.75) is 34.3 Å². The van der Waals surface area contributed by atoms with E-state index in [9.17, 15) is 4.79 Å². The molecular formula is C33H29BrN2O2. The van der Waals surface area contributed by atoms with Crippen LogP contribution in [0, 0.1) is 27.7 Å². The Morgan fingerprint density at radius 2 is 1.61 bits per heavy atom. The minimum Gasteiger partial charge on any atom is -0.489 e. The minimum atomic E-state index is -0.148. The van der Waals surface area contributed by atoms with Crippen LogP contribution in [0.15, 0.2) is 89.4 Å². The van der Waals surface area contributed by atoms with Crippen molar-refractivity contribution in [3.05, 3.63) is 123 Å². The zero-order chi connectivity index (χ0) is 26.8. The van der Waals surface area contributed by atoms with E-state index in [1.807, 2.05) is 107 Å². The van der Waals surface area contributed by atoms with Crippen molar-refractivity contribution in [2.75, 3.05) is 5.32 Å². The van der Waals surface area contributed by atoms with Gasteiger partial charge >= 0.3 is 0 Å². The molecule has 0 aliphatic heterocycles. The van der Waals surface area contributed by atoms with Crippen molar-refractivity contribution >= 4 is 38.4 Å². The predicted molar refractivity (Wildman–Crippen MR) is 159 cm³/mol. The number of anilines is 1. The van der Waals surface area contributed by atoms with E-state index >= 15 is 0 Å². The molecule has 0 saturated carbocycles. The van der Waals surface area contributed by atoms with Gasteiger partial charge in [-0.15, -0.1) is 0 Å². The van der Waals surface area contributed by atoms with Gasteiger partial charge in [-0.25, -0.2) is 4.98 Å². The lowest BCUT2D eigenvalue weighted by atomic mass is 9.94. The van der Waals surface area contributed by atoms with E-state index in [4.69, 9.17) is 9.72 Å². The van der Waals surface area contributed by atoms with Crippen LogP contribution in [0.5, 0.6) is 5.75 Å². The van der Waals surface area contributed by atoms with Gasteiger partial charge in [0.2, 0.25) is 0 Å². The summed E-state index contributed by atoms with van der Waals surface area (Å²) in [4.78, 5) is 18.8. The maximum atomic E-state index is 13.8. The maximum Gasteiger partial charge on any atom is 0.256 e. The number of benzene rings is 4. The molecule has 0 unspecified atom stereocenters. The Bertz CT molecular complexity index is 1640. The quantitative estimate of drug-likeness (QED) is 0.224. The van der Waals surface area contributed by atoms with Gasteiger partial charge in [-0.05, 0) is 98.5 Å². The van der Waals surface area contributed by atoms with Gasteiger partial charge in [-0.1, -0.05) is 57.9 Å². The summed E-state index contributed by atoms with van der Waals surface area (Å²) in [5.74, 6) is 0.636. The highest BCUT2D eigenvalue weighted by molar-refractivity contribution is 9.10. The van der Waals surface area contributed by atoms with Gasteiger partial charge in [0, 0.05) is 21.1 Å². The Labute approximate surface area is 231 Å². The molecule has 0 fully saturated rings. The SMILES string of the molecule is Cc1cc(C)c2nc(-c3ccc(OCc4ccccc4)cc3)c(C)c(C(=O)Nc3ccc(Br)c(C)c3)c2c1. The first-order valence-corrected chi connectivity index (χ1v) is 13.4. The number of halogens is 1. The zero-order valence-corrected chi connectivity index (χ0v) is 23.5. The highest BCUT2D eigenvalue weighted by Gasteiger charge is 2.21. The van der Waals surface area contributed by atoms with Gasteiger partial charge in [-0.3, -0.25) is 4.79 Å². The third kappa shape index (κ3) is 5.34. The fraction of sp³-hybridized carbons (Fsp3) is 0.152. The number of carbonyl (C=O) groups is 1. The molecule has 38 heavy (non-hydrogen) atoms. The van der Waals surface area contributed by atoms with Crippen molar-refractivity contribution in [1.82, 2.24) is 4.98 Å². The van der Waals surface area contributed by atoms with Crippen LogP contribution in [0.25, 0.3) is 22.2 Å². The fourth-order valence-electron chi connectivity index (χ4n) is 4.75. The van der Waals surface area contributed by atoms with Gasteiger partial charge < -0.3 is 10.1 Å². The molecule has 190 valence electrons. The lowest BCUT2D eigenvalue weighted by molar-refractivity contribution is 0.102. The third-order valence-corrected chi connectivity index (χ3v) is 7.58. The number of hydrogen-bond donors (Lipinski definition) is 1. The van der Waals surface area contributed by atoms with Gasteiger partial charge in [0.15, 0.2) is 0 Å². The summed E-state index contributed by atoms with van der Waals surface area (Å²) >= 11 is 3.53. The van der Waals surface area contributed by atoms with Gasteiger partial charge in [-0.2, -0.15) is 0 Å². The molecule has 5 heteroatoms. The summed E-state index contributed by atoms with van der Waals surface area (Å²) in [7, 11) is 0. The molecule has 1 amide bonds. The topological polar surface area (TPSA) is 51.2 Å². The average Bonchev–Trinajstić information content (AvgIpc) is 2.90. The van der Waals surface area contributed by atoms with Crippen LogP contribution < -0.4 is 10.1 Å². The number of carbonyl (C=O) groups excluding carboxylic acids is 1. The molecule has 5 aromatic rings. The van der Waals surface area contributed by atoms with Crippen LogP contribution in [-0.2, 0) is 6.61 Å². The fourth-order valence-corrected chi connectivity index (χ4v) is 5.00. The van der Waals surface area contributed by atoms with E-state index in [2.05, 4.69) is 27.3 Å². The second-order valence-corrected chi connectivity index (χ2v) is 10.5. The number of nitrogens with zero attached hydrogens (tertiary/aromatic N) is 1. The molecule has 1 N–H and O–H groups in total. The van der Waals surface area contributed by atoms with Crippen molar-refractivity contribution in [2.24, 2.45) is 0 Å². The Balaban J connectivity index is 1.53. The summed E-state index contributed by atoms with van der Waals surface area (Å²) in [5.41, 5.74) is 9.10. The number of rotatable bonds is 6. The van der Waals surface area contributed by atoms with E-state index < -0.39 is 0 Å². The smallest absolute Gasteiger partial charge is 0.256 e. The number of ether oxygens (including phenoxy) is 1. The van der Waals surface area contributed by atoms with E-state index in [1.54, 1.807) is 0 Å². The first kappa shape index (κ1) is 25.7. The van der Waals surface area contributed by atoms with Gasteiger partial charge in [0.25, 0.3) is 5.91 Å². The summed E-state index contributed by atoms with van der Waals surface area (Å²) in [5, 5.41) is 3.97. The number of hydrogen-bond acceptors (Lipinski definition) is 3. The molecule has 0 radical (unpaired) electrons. The highest BCUT2D eigenvalue weighted by atomic mass is 79.9. The van der Waals surface area contributed by atoms with E-state index in [1.165, 1.54) is 0 Å². The average molecular weight is 566 g/mol. The summed E-state index contributed by atoms with van der Waals surface area (Å²) in [6.45, 7) is 8.57. The van der Waals surface area contributed by atoms with Gasteiger partial charge in [0.05, 0.1) is 16.8 Å². The molecular weight excluding hydrogens is 536 g/mol. The lowest BCUT2D eigenvalue weighted by Gasteiger charge is -2.17. The molecule has 1 aromatic heterocycles. The van der Waals surface area contributed by atoms with E-state index in [0.717, 1.165) is 65.9 Å². The van der Waals surface area contributed by atoms with Crippen LogP contribution in [-0.4, -0.2) is 10.9 Å². The summed E-state index contributed by atoms with van der Waals surface area (Å²) in [6, 6.07) is 28.0. The van der Waals surface area contributed by atoms with Gasteiger partial charge in [0.1, 0.15) is 12.4 Å². The molecule has 5 rings (SSSR count). The molecule has 4 aromatic carbocycles. The Kier molecular flexibility index (Phi) is 7.30. The highest BCUT2D eigenvalue weighted by Crippen LogP contribution is 2.33. The largest absolute Gasteiger partial charge is 0.489 e. The standard InChI is InChI=1S/C33H29BrN2O2/c1-20-16-22(3)31-28(17-20)30(33(37)35-26-12-15-29(34)21(2)18-26)23(4)32(36-31)25-10-13-27(14-11-25)38-19-24-8-6-5-7-9-24/h5-18H,19H2,1-4H3,(H,35,37). The minimum absolute atomic E-state index is 0.148. The third-order valence-electron chi connectivity index (χ3n) is 6.69. The van der Waals surface area contributed by atoms with Crippen LogP contribution >= 0.6 is 15.9 Å². The first-order valence-electron chi connectivity index (χ1n) is 12.6. The van der Waals surface area contributed by atoms with Crippen molar-refractivity contribution in [3.8, 4) is 17.0 Å². The monoisotopic (exact) mass is 564 g/mol. The molecule has 0 spiro atoms. The maximum absolute atomic E-state index is 13.8. The summed E-state index contributed by atoms with van der Waals surface area (Å²) < 4.78 is 6.98. The van der Waals surface area contributed by atoms with E-state index in [0.29, 0.717) is 12.2 Å². The van der Waals surface area contributed by atoms with Crippen LogP contribution in [0.1, 0.15) is 38.2 Å². The van der Waals surface area contributed by atoms with Crippen molar-refractivity contribution in [3.63, 3.8) is 0 Å². The van der Waals surface area contributed by atoms with Crippen LogP contribution in [0.4, 0.5) is 5.69 Å². The number of aryl methyl sites for hydroxylation is 3. The Morgan fingerprint density at radius 3 is 2.32 bits per heavy atom. The number of aromatic nitrogens is 1. The van der Waals surface area contributed by atoms with Crippen molar-refractivity contribution < 1.29 is 9.53 Å². The number of nitrogens with one attached hydrogen (secondary N) is 1. The molecule has 1 heterocycles. The van der Waals surface area contributed by atoms with E-state index in [-0.39, 0.29) is 5.91 Å². The Hall–Kier alpha value is -3.96. The van der Waals surface area contributed by atoms with Crippen molar-refractivity contribution in [1.29, 1.82) is 0 Å². The number of amides is 1. The predicted octanol–water partition coefficient (Wildman–Crippen LogP) is 8.73. The first-order chi connectivity index (χ1) is 18.3. The Morgan fingerprint density at radius 1 is 0.868 bits per heavy atom. The van der Waals surface area contributed by atoms with Crippen LogP contribution in [0.3, 0.4) is 0 Å². The summed E-state index contributed by atoms with van der Waals surface area (Å²) in [6.07, 6.45) is 0. The second kappa shape index (κ2) is 10.8. The zero-order valence-electron chi connectivity index (χ0n) is 21.9. The second-order valence-electron chi connectivity index (χ2n) is 9.66. The molecule has 0 saturated heterocycles. The molecule has 0 atom stereocenters. The lowest BCUT2D eigenvalue weighted by Crippen LogP contribution is -2.15.